The van der Waals surface area contributed by atoms with Crippen LogP contribution < -0.4 is 4.90 Å². The van der Waals surface area contributed by atoms with Crippen molar-refractivity contribution in [3.8, 4) is 55.6 Å². The summed E-state index contributed by atoms with van der Waals surface area (Å²) in [7, 11) is 0. The van der Waals surface area contributed by atoms with Crippen molar-refractivity contribution >= 4 is 39.0 Å². The van der Waals surface area contributed by atoms with Gasteiger partial charge in [0, 0.05) is 27.6 Å². The molecule has 1 unspecified atom stereocenters. The average molecular weight is 802 g/mol. The maximum Gasteiger partial charge on any atom is 0.135 e. The van der Waals surface area contributed by atoms with Gasteiger partial charge >= 0.3 is 0 Å². The number of furan rings is 1. The second-order valence-corrected chi connectivity index (χ2v) is 16.7. The topological polar surface area (TPSA) is 16.4 Å². The fraction of sp³-hybridized carbons (Fsp3) is 0.0164. The zero-order valence-corrected chi connectivity index (χ0v) is 34.4. The molecule has 0 saturated heterocycles. The maximum atomic E-state index is 6.72. The summed E-state index contributed by atoms with van der Waals surface area (Å²) in [5.74, 6) is 0. The Labute approximate surface area is 366 Å². The third-order valence-electron chi connectivity index (χ3n) is 13.5. The van der Waals surface area contributed by atoms with Crippen LogP contribution in [0.3, 0.4) is 0 Å². The molecular formula is C61H39NO. The molecule has 1 spiro atoms. The standard InChI is InChI=1S/C61H39NO/c1-3-19-40(20-4-1)43-23-11-16-32-57(43)62(58-33-17-12-24-44(58)41-21-5-2-6-22-41)42-35-36-55-50(37-42)46-26-8-7-25-45(46)47-27-9-14-30-53(47)61(55)54-31-15-10-28-48(54)51-38-52-49-29-13-18-34-59(49)63-60(52)39-56(51)61/h1-39H. The first-order valence-corrected chi connectivity index (χ1v) is 21.8. The molecule has 0 amide bonds. The van der Waals surface area contributed by atoms with Crippen molar-refractivity contribution in [3.63, 3.8) is 0 Å². The van der Waals surface area contributed by atoms with Gasteiger partial charge < -0.3 is 9.32 Å². The summed E-state index contributed by atoms with van der Waals surface area (Å²) in [4.78, 5) is 2.48. The molecule has 0 radical (unpaired) electrons. The van der Waals surface area contributed by atoms with Crippen molar-refractivity contribution in [3.05, 3.63) is 259 Å². The van der Waals surface area contributed by atoms with Gasteiger partial charge in [-0.2, -0.15) is 0 Å². The van der Waals surface area contributed by atoms with E-state index in [2.05, 4.69) is 241 Å². The summed E-state index contributed by atoms with van der Waals surface area (Å²) >= 11 is 0. The second-order valence-electron chi connectivity index (χ2n) is 16.7. The normalized spacial score (nSPS) is 14.4. The fourth-order valence-electron chi connectivity index (χ4n) is 10.9. The van der Waals surface area contributed by atoms with Crippen molar-refractivity contribution in [2.45, 2.75) is 5.41 Å². The van der Waals surface area contributed by atoms with E-state index >= 15 is 0 Å². The minimum atomic E-state index is -0.655. The number of fused-ring (bicyclic) bond motifs is 15. The largest absolute Gasteiger partial charge is 0.456 e. The molecule has 1 aromatic heterocycles. The molecule has 2 aliphatic carbocycles. The summed E-state index contributed by atoms with van der Waals surface area (Å²) in [6.07, 6.45) is 0. The number of nitrogens with zero attached hydrogens (tertiary/aromatic N) is 1. The second kappa shape index (κ2) is 13.9. The van der Waals surface area contributed by atoms with Crippen LogP contribution in [0.1, 0.15) is 22.3 Å². The van der Waals surface area contributed by atoms with E-state index in [0.717, 1.165) is 50.1 Å². The van der Waals surface area contributed by atoms with Crippen LogP contribution in [-0.4, -0.2) is 0 Å². The molecule has 13 rings (SSSR count). The lowest BCUT2D eigenvalue weighted by atomic mass is 9.66. The lowest BCUT2D eigenvalue weighted by Crippen LogP contribution is -2.29. The molecule has 63 heavy (non-hydrogen) atoms. The van der Waals surface area contributed by atoms with Crippen molar-refractivity contribution in [2.24, 2.45) is 0 Å². The van der Waals surface area contributed by atoms with E-state index in [1.54, 1.807) is 0 Å². The van der Waals surface area contributed by atoms with Crippen molar-refractivity contribution in [2.75, 3.05) is 4.90 Å². The van der Waals surface area contributed by atoms with Crippen LogP contribution in [0.25, 0.3) is 77.6 Å². The van der Waals surface area contributed by atoms with Gasteiger partial charge in [-0.15, -0.1) is 0 Å². The highest BCUT2D eigenvalue weighted by molar-refractivity contribution is 6.09. The van der Waals surface area contributed by atoms with Crippen LogP contribution in [0.5, 0.6) is 0 Å². The molecule has 11 aromatic rings. The Hall–Kier alpha value is -8.20. The van der Waals surface area contributed by atoms with Gasteiger partial charge in [-0.1, -0.05) is 194 Å². The SMILES string of the molecule is c1ccc(-c2ccccc2N(c2ccc3c(c2)-c2ccccc2-c2ccccc2C32c3ccccc3-c3cc4c(cc32)oc2ccccc24)c2ccccc2-c2ccccc2)cc1. The van der Waals surface area contributed by atoms with Crippen molar-refractivity contribution in [1.29, 1.82) is 0 Å². The summed E-state index contributed by atoms with van der Waals surface area (Å²) in [6, 6.07) is 86.8. The third-order valence-corrected chi connectivity index (χ3v) is 13.5. The van der Waals surface area contributed by atoms with Gasteiger partial charge in [-0.05, 0) is 109 Å². The summed E-state index contributed by atoms with van der Waals surface area (Å²) in [6.45, 7) is 0. The minimum Gasteiger partial charge on any atom is -0.456 e. The summed E-state index contributed by atoms with van der Waals surface area (Å²) in [5, 5.41) is 2.28. The Balaban J connectivity index is 1.15. The summed E-state index contributed by atoms with van der Waals surface area (Å²) in [5.41, 5.74) is 21.5. The quantitative estimate of drug-likeness (QED) is 0.172. The van der Waals surface area contributed by atoms with Gasteiger partial charge in [0.25, 0.3) is 0 Å². The van der Waals surface area contributed by atoms with E-state index in [0.29, 0.717) is 0 Å². The van der Waals surface area contributed by atoms with Gasteiger partial charge in [0.15, 0.2) is 0 Å². The van der Waals surface area contributed by atoms with Crippen LogP contribution in [0, 0.1) is 0 Å². The van der Waals surface area contributed by atoms with E-state index in [4.69, 9.17) is 4.42 Å². The third kappa shape index (κ3) is 5.19. The van der Waals surface area contributed by atoms with E-state index in [1.807, 2.05) is 0 Å². The number of rotatable bonds is 5. The predicted octanol–water partition coefficient (Wildman–Crippen LogP) is 16.4. The maximum absolute atomic E-state index is 6.72. The van der Waals surface area contributed by atoms with Gasteiger partial charge in [0.1, 0.15) is 11.2 Å². The first-order chi connectivity index (χ1) is 31.3. The fourth-order valence-corrected chi connectivity index (χ4v) is 10.9. The van der Waals surface area contributed by atoms with Gasteiger partial charge in [0.05, 0.1) is 16.8 Å². The minimum absolute atomic E-state index is 0.655. The smallest absolute Gasteiger partial charge is 0.135 e. The molecule has 0 bridgehead atoms. The van der Waals surface area contributed by atoms with Crippen molar-refractivity contribution in [1.82, 2.24) is 0 Å². The average Bonchev–Trinajstić information content (AvgIpc) is 3.83. The lowest BCUT2D eigenvalue weighted by Gasteiger charge is -2.36. The zero-order chi connectivity index (χ0) is 41.5. The molecular weight excluding hydrogens is 763 g/mol. The van der Waals surface area contributed by atoms with Gasteiger partial charge in [-0.3, -0.25) is 0 Å². The molecule has 2 nitrogen and oxygen atoms in total. The Bertz CT molecular complexity index is 3500. The number of para-hydroxylation sites is 3. The monoisotopic (exact) mass is 801 g/mol. The Morgan fingerprint density at radius 2 is 0.746 bits per heavy atom. The highest BCUT2D eigenvalue weighted by atomic mass is 16.3. The first kappa shape index (κ1) is 35.5. The molecule has 10 aromatic carbocycles. The van der Waals surface area contributed by atoms with Crippen LogP contribution in [0.15, 0.2) is 241 Å². The predicted molar refractivity (Wildman–Crippen MR) is 261 cm³/mol. The van der Waals surface area contributed by atoms with E-state index < -0.39 is 5.41 Å². The van der Waals surface area contributed by atoms with E-state index in [-0.39, 0.29) is 0 Å². The van der Waals surface area contributed by atoms with Crippen LogP contribution in [0.2, 0.25) is 0 Å². The Kier molecular flexibility index (Phi) is 7.85. The van der Waals surface area contributed by atoms with E-state index in [1.165, 1.54) is 66.8 Å². The van der Waals surface area contributed by atoms with E-state index in [9.17, 15) is 0 Å². The summed E-state index contributed by atoms with van der Waals surface area (Å²) < 4.78 is 6.72. The molecule has 0 aliphatic heterocycles. The molecule has 0 N–H and O–H groups in total. The highest BCUT2D eigenvalue weighted by Gasteiger charge is 2.50. The van der Waals surface area contributed by atoms with Crippen LogP contribution >= 0.6 is 0 Å². The van der Waals surface area contributed by atoms with Crippen LogP contribution in [-0.2, 0) is 5.41 Å². The molecule has 1 heterocycles. The Morgan fingerprint density at radius 1 is 0.286 bits per heavy atom. The molecule has 2 aliphatic rings. The number of hydrogen-bond acceptors (Lipinski definition) is 2. The highest BCUT2D eigenvalue weighted by Crippen LogP contribution is 2.63. The Morgan fingerprint density at radius 3 is 1.38 bits per heavy atom. The van der Waals surface area contributed by atoms with Crippen molar-refractivity contribution < 1.29 is 4.42 Å². The number of hydrogen-bond donors (Lipinski definition) is 0. The number of anilines is 3. The van der Waals surface area contributed by atoms with Gasteiger partial charge in [0.2, 0.25) is 0 Å². The lowest BCUT2D eigenvalue weighted by molar-refractivity contribution is 0.666. The number of benzene rings is 10. The van der Waals surface area contributed by atoms with Gasteiger partial charge in [-0.25, -0.2) is 0 Å². The zero-order valence-electron chi connectivity index (χ0n) is 34.4. The molecule has 0 saturated carbocycles. The first-order valence-electron chi connectivity index (χ1n) is 21.8. The molecule has 2 heteroatoms. The molecule has 294 valence electrons. The molecule has 0 fully saturated rings. The molecule has 1 atom stereocenters. The van der Waals surface area contributed by atoms with Crippen LogP contribution in [0.4, 0.5) is 17.1 Å².